The van der Waals surface area contributed by atoms with Gasteiger partial charge in [0.2, 0.25) is 0 Å². The van der Waals surface area contributed by atoms with Crippen molar-refractivity contribution in [3.63, 3.8) is 0 Å². The molecule has 0 atom stereocenters. The minimum absolute atomic E-state index is 0.409. The van der Waals surface area contributed by atoms with Gasteiger partial charge in [0.25, 0.3) is 0 Å². The van der Waals surface area contributed by atoms with Crippen molar-refractivity contribution in [3.05, 3.63) is 17.8 Å². The molecule has 1 aromatic heterocycles. The monoisotopic (exact) mass is 166 g/mol. The number of nitrogens with zero attached hydrogens (tertiary/aromatic N) is 1. The predicted octanol–water partition coefficient (Wildman–Crippen LogP) is -0.888. The summed E-state index contributed by atoms with van der Waals surface area (Å²) in [6, 6.07) is 1.68. The molecule has 0 aliphatic rings. The largest absolute Gasteiger partial charge is 0.490 e. The summed E-state index contributed by atoms with van der Waals surface area (Å²) < 4.78 is 0. The first-order chi connectivity index (χ1) is 5.65. The number of hydrogen-bond donors (Lipinski definition) is 3. The Morgan fingerprint density at radius 1 is 1.50 bits per heavy atom. The van der Waals surface area contributed by atoms with Crippen LogP contribution in [0.3, 0.4) is 0 Å². The van der Waals surface area contributed by atoms with Crippen molar-refractivity contribution in [2.24, 2.45) is 0 Å². The molecule has 0 amide bonds. The van der Waals surface area contributed by atoms with Crippen LogP contribution in [0.2, 0.25) is 0 Å². The van der Waals surface area contributed by atoms with Crippen molar-refractivity contribution in [2.45, 2.75) is 6.92 Å². The van der Waals surface area contributed by atoms with E-state index in [9.17, 15) is 0 Å². The Morgan fingerprint density at radius 3 is 2.58 bits per heavy atom. The second-order valence-electron chi connectivity index (χ2n) is 2.56. The Hall–Kier alpha value is -1.07. The third kappa shape index (κ3) is 1.75. The van der Waals surface area contributed by atoms with E-state index >= 15 is 0 Å². The summed E-state index contributed by atoms with van der Waals surface area (Å²) in [5, 5.41) is 20.5. The number of nitrogens with one attached hydrogen (secondary N) is 1. The van der Waals surface area contributed by atoms with Gasteiger partial charge >= 0.3 is 7.12 Å². The van der Waals surface area contributed by atoms with Gasteiger partial charge in [-0.2, -0.15) is 0 Å². The van der Waals surface area contributed by atoms with E-state index in [2.05, 4.69) is 10.3 Å². The van der Waals surface area contributed by atoms with Crippen LogP contribution in [0.1, 0.15) is 5.56 Å². The maximum absolute atomic E-state index is 8.81. The average Bonchev–Trinajstić information content (AvgIpc) is 2.04. The first-order valence-corrected chi connectivity index (χ1v) is 3.65. The quantitative estimate of drug-likeness (QED) is 0.498. The summed E-state index contributed by atoms with van der Waals surface area (Å²) >= 11 is 0. The summed E-state index contributed by atoms with van der Waals surface area (Å²) in [6.07, 6.45) is 1.43. The molecule has 0 fully saturated rings. The lowest BCUT2D eigenvalue weighted by Gasteiger charge is -2.05. The summed E-state index contributed by atoms with van der Waals surface area (Å²) in [4.78, 5) is 3.99. The molecule has 1 aromatic rings. The number of pyridine rings is 1. The van der Waals surface area contributed by atoms with Crippen molar-refractivity contribution in [3.8, 4) is 0 Å². The fourth-order valence-corrected chi connectivity index (χ4v) is 0.999. The summed E-state index contributed by atoms with van der Waals surface area (Å²) in [5.74, 6) is 0.749. The Kier molecular flexibility index (Phi) is 2.67. The zero-order valence-electron chi connectivity index (χ0n) is 7.07. The minimum atomic E-state index is -1.44. The number of aryl methyl sites for hydroxylation is 1. The van der Waals surface area contributed by atoms with Gasteiger partial charge in [0.05, 0.1) is 0 Å². The van der Waals surface area contributed by atoms with Crippen molar-refractivity contribution in [2.75, 3.05) is 12.4 Å². The molecular weight excluding hydrogens is 155 g/mol. The highest BCUT2D eigenvalue weighted by atomic mass is 16.4. The highest BCUT2D eigenvalue weighted by Gasteiger charge is 2.11. The van der Waals surface area contributed by atoms with Gasteiger partial charge in [0.1, 0.15) is 5.82 Å². The molecular formula is C7H11BN2O2. The van der Waals surface area contributed by atoms with E-state index in [1.807, 2.05) is 6.92 Å². The zero-order chi connectivity index (χ0) is 9.14. The van der Waals surface area contributed by atoms with Crippen LogP contribution in [0, 0.1) is 6.92 Å². The van der Waals surface area contributed by atoms with E-state index in [1.165, 1.54) is 6.20 Å². The standard InChI is InChI=1S/C7H11BN2O2/c1-5-3-6(8(11)12)4-10-7(5)9-2/h3-4,11-12H,1-2H3,(H,9,10). The first kappa shape index (κ1) is 9.03. The second kappa shape index (κ2) is 3.56. The van der Waals surface area contributed by atoms with Crippen LogP contribution in [0.15, 0.2) is 12.3 Å². The number of hydrogen-bond acceptors (Lipinski definition) is 4. The Bertz CT molecular complexity index is 278. The van der Waals surface area contributed by atoms with Crippen LogP contribution in [0.25, 0.3) is 0 Å². The van der Waals surface area contributed by atoms with Crippen molar-refractivity contribution in [1.82, 2.24) is 4.98 Å². The van der Waals surface area contributed by atoms with Gasteiger partial charge in [-0.25, -0.2) is 4.98 Å². The van der Waals surface area contributed by atoms with E-state index in [0.717, 1.165) is 11.4 Å². The second-order valence-corrected chi connectivity index (χ2v) is 2.56. The van der Waals surface area contributed by atoms with E-state index in [1.54, 1.807) is 13.1 Å². The van der Waals surface area contributed by atoms with Gasteiger partial charge in [-0.05, 0) is 12.5 Å². The molecule has 0 unspecified atom stereocenters. The van der Waals surface area contributed by atoms with Gasteiger partial charge in [-0.15, -0.1) is 0 Å². The Labute approximate surface area is 71.4 Å². The molecule has 0 spiro atoms. The maximum Gasteiger partial charge on any atom is 0.490 e. The van der Waals surface area contributed by atoms with Gasteiger partial charge in [0.15, 0.2) is 0 Å². The molecule has 0 saturated carbocycles. The van der Waals surface area contributed by atoms with Gasteiger partial charge in [-0.1, -0.05) is 6.07 Å². The lowest BCUT2D eigenvalue weighted by molar-refractivity contribution is 0.425. The molecule has 1 heterocycles. The topological polar surface area (TPSA) is 65.4 Å². The van der Waals surface area contributed by atoms with E-state index in [4.69, 9.17) is 10.0 Å². The van der Waals surface area contributed by atoms with E-state index in [0.29, 0.717) is 5.46 Å². The summed E-state index contributed by atoms with van der Waals surface area (Å²) in [5.41, 5.74) is 1.30. The Balaban J connectivity index is 3.02. The minimum Gasteiger partial charge on any atom is -0.423 e. The van der Waals surface area contributed by atoms with Gasteiger partial charge in [0, 0.05) is 18.7 Å². The number of anilines is 1. The van der Waals surface area contributed by atoms with Crippen LogP contribution in [0.5, 0.6) is 0 Å². The average molecular weight is 166 g/mol. The number of rotatable bonds is 2. The van der Waals surface area contributed by atoms with Crippen molar-refractivity contribution < 1.29 is 10.0 Å². The van der Waals surface area contributed by atoms with Gasteiger partial charge < -0.3 is 15.4 Å². The highest BCUT2D eigenvalue weighted by molar-refractivity contribution is 6.58. The molecule has 1 rings (SSSR count). The third-order valence-corrected chi connectivity index (χ3v) is 1.63. The molecule has 64 valence electrons. The first-order valence-electron chi connectivity index (χ1n) is 3.65. The maximum atomic E-state index is 8.81. The molecule has 0 radical (unpaired) electrons. The molecule has 0 aromatic carbocycles. The SMILES string of the molecule is CNc1ncc(B(O)O)cc1C. The summed E-state index contributed by atoms with van der Waals surface area (Å²) in [7, 11) is 0.326. The molecule has 0 aliphatic carbocycles. The lowest BCUT2D eigenvalue weighted by Crippen LogP contribution is -2.30. The molecule has 0 saturated heterocycles. The predicted molar refractivity (Wildman–Crippen MR) is 48.3 cm³/mol. The smallest absolute Gasteiger partial charge is 0.423 e. The normalized spacial score (nSPS) is 9.67. The van der Waals surface area contributed by atoms with Crippen LogP contribution >= 0.6 is 0 Å². The fourth-order valence-electron chi connectivity index (χ4n) is 0.999. The number of aromatic nitrogens is 1. The molecule has 12 heavy (non-hydrogen) atoms. The zero-order valence-corrected chi connectivity index (χ0v) is 7.07. The fraction of sp³-hybridized carbons (Fsp3) is 0.286. The van der Waals surface area contributed by atoms with Crippen LogP contribution in [-0.4, -0.2) is 29.2 Å². The van der Waals surface area contributed by atoms with Gasteiger partial charge in [-0.3, -0.25) is 0 Å². The van der Waals surface area contributed by atoms with Crippen LogP contribution < -0.4 is 10.8 Å². The molecule has 0 bridgehead atoms. The molecule has 4 nitrogen and oxygen atoms in total. The van der Waals surface area contributed by atoms with E-state index < -0.39 is 7.12 Å². The molecule has 5 heteroatoms. The summed E-state index contributed by atoms with van der Waals surface area (Å²) in [6.45, 7) is 1.85. The van der Waals surface area contributed by atoms with Crippen molar-refractivity contribution >= 4 is 18.4 Å². The van der Waals surface area contributed by atoms with Crippen LogP contribution in [0.4, 0.5) is 5.82 Å². The third-order valence-electron chi connectivity index (χ3n) is 1.63. The van der Waals surface area contributed by atoms with Crippen molar-refractivity contribution in [1.29, 1.82) is 0 Å². The molecule has 0 aliphatic heterocycles. The highest BCUT2D eigenvalue weighted by Crippen LogP contribution is 2.06. The lowest BCUT2D eigenvalue weighted by atomic mass is 9.81. The molecule has 3 N–H and O–H groups in total. The van der Waals surface area contributed by atoms with E-state index in [-0.39, 0.29) is 0 Å². The Morgan fingerprint density at radius 2 is 2.17 bits per heavy atom. The van der Waals surface area contributed by atoms with Crippen LogP contribution in [-0.2, 0) is 0 Å².